The molecule has 0 heterocycles. The van der Waals surface area contributed by atoms with Crippen LogP contribution in [0.2, 0.25) is 0 Å². The summed E-state index contributed by atoms with van der Waals surface area (Å²) in [5.41, 5.74) is 1.19. The van der Waals surface area contributed by atoms with Gasteiger partial charge < -0.3 is 4.90 Å². The Kier molecular flexibility index (Phi) is 7.35. The third kappa shape index (κ3) is 5.46. The first-order valence-electron chi connectivity index (χ1n) is 6.74. The Balaban J connectivity index is 2.45. The van der Waals surface area contributed by atoms with Crippen LogP contribution in [0.4, 0.5) is 5.69 Å². The highest BCUT2D eigenvalue weighted by molar-refractivity contribution is 7.80. The average molecular weight is 261 g/mol. The SMILES string of the molecule is CCCC/C=C\CCN(C(C)=S)c1ccccc1. The van der Waals surface area contributed by atoms with Crippen molar-refractivity contribution in [3.63, 3.8) is 0 Å². The lowest BCUT2D eigenvalue weighted by Gasteiger charge is -2.22. The minimum Gasteiger partial charge on any atom is -0.336 e. The van der Waals surface area contributed by atoms with Crippen LogP contribution >= 0.6 is 12.2 Å². The predicted molar refractivity (Wildman–Crippen MR) is 85.3 cm³/mol. The van der Waals surface area contributed by atoms with Gasteiger partial charge in [0.1, 0.15) is 0 Å². The van der Waals surface area contributed by atoms with Crippen LogP contribution in [0.1, 0.15) is 39.5 Å². The number of anilines is 1. The zero-order valence-corrected chi connectivity index (χ0v) is 12.2. The van der Waals surface area contributed by atoms with Crippen LogP contribution in [0.15, 0.2) is 42.5 Å². The smallest absolute Gasteiger partial charge is 0.0792 e. The molecule has 2 heteroatoms. The highest BCUT2D eigenvalue weighted by Gasteiger charge is 2.05. The number of thiocarbonyl (C=S) groups is 1. The van der Waals surface area contributed by atoms with Crippen LogP contribution in [-0.2, 0) is 0 Å². The number of rotatable bonds is 7. The van der Waals surface area contributed by atoms with Crippen LogP contribution in [0, 0.1) is 0 Å². The van der Waals surface area contributed by atoms with Crippen LogP contribution in [0.3, 0.4) is 0 Å². The standard InChI is InChI=1S/C16H23NS/c1-3-4-5-6-7-11-14-17(15(2)18)16-12-9-8-10-13-16/h6-10,12-13H,3-5,11,14H2,1-2H3/b7-6-. The number of hydrogen-bond donors (Lipinski definition) is 0. The van der Waals surface area contributed by atoms with Gasteiger partial charge in [-0.3, -0.25) is 0 Å². The van der Waals surface area contributed by atoms with Gasteiger partial charge in [-0.05, 0) is 31.9 Å². The van der Waals surface area contributed by atoms with Crippen molar-refractivity contribution in [3.05, 3.63) is 42.5 Å². The lowest BCUT2D eigenvalue weighted by molar-refractivity contribution is 0.811. The van der Waals surface area contributed by atoms with Crippen molar-refractivity contribution in [3.8, 4) is 0 Å². The zero-order chi connectivity index (χ0) is 13.2. The highest BCUT2D eigenvalue weighted by atomic mass is 32.1. The summed E-state index contributed by atoms with van der Waals surface area (Å²) in [5.74, 6) is 0. The maximum absolute atomic E-state index is 5.32. The minimum atomic E-state index is 0.933. The molecule has 1 aromatic carbocycles. The molecule has 1 aromatic rings. The van der Waals surface area contributed by atoms with E-state index >= 15 is 0 Å². The van der Waals surface area contributed by atoms with Crippen LogP contribution in [0.5, 0.6) is 0 Å². The van der Waals surface area contributed by atoms with Gasteiger partial charge in [-0.15, -0.1) is 0 Å². The summed E-state index contributed by atoms with van der Waals surface area (Å²) >= 11 is 5.32. The number of nitrogens with zero attached hydrogens (tertiary/aromatic N) is 1. The first-order chi connectivity index (χ1) is 8.75. The summed E-state index contributed by atoms with van der Waals surface area (Å²) in [6, 6.07) is 10.4. The summed E-state index contributed by atoms with van der Waals surface area (Å²) < 4.78 is 0. The van der Waals surface area contributed by atoms with Gasteiger partial charge in [-0.2, -0.15) is 0 Å². The molecular formula is C16H23NS. The van der Waals surface area contributed by atoms with E-state index in [-0.39, 0.29) is 0 Å². The largest absolute Gasteiger partial charge is 0.336 e. The average Bonchev–Trinajstić information content (AvgIpc) is 2.38. The van der Waals surface area contributed by atoms with Crippen LogP contribution in [0.25, 0.3) is 0 Å². The molecule has 1 rings (SSSR count). The first kappa shape index (κ1) is 14.9. The first-order valence-corrected chi connectivity index (χ1v) is 7.14. The van der Waals surface area contributed by atoms with E-state index in [1.54, 1.807) is 0 Å². The second kappa shape index (κ2) is 8.87. The molecule has 0 radical (unpaired) electrons. The van der Waals surface area contributed by atoms with Gasteiger partial charge >= 0.3 is 0 Å². The lowest BCUT2D eigenvalue weighted by Crippen LogP contribution is -2.27. The molecule has 0 fully saturated rings. The molecule has 0 unspecified atom stereocenters. The van der Waals surface area contributed by atoms with Crippen molar-refractivity contribution in [2.45, 2.75) is 39.5 Å². The molecule has 0 amide bonds. The lowest BCUT2D eigenvalue weighted by atomic mass is 10.2. The van der Waals surface area contributed by atoms with Gasteiger partial charge in [0.05, 0.1) is 4.99 Å². The number of benzene rings is 1. The normalized spacial score (nSPS) is 10.8. The number of para-hydroxylation sites is 1. The molecule has 0 N–H and O–H groups in total. The van der Waals surface area contributed by atoms with E-state index in [2.05, 4.69) is 48.2 Å². The molecule has 0 saturated carbocycles. The second-order valence-electron chi connectivity index (χ2n) is 4.41. The maximum atomic E-state index is 5.32. The molecule has 1 nitrogen and oxygen atoms in total. The zero-order valence-electron chi connectivity index (χ0n) is 11.4. The topological polar surface area (TPSA) is 3.24 Å². The van der Waals surface area contributed by atoms with Crippen molar-refractivity contribution < 1.29 is 0 Å². The van der Waals surface area contributed by atoms with Crippen molar-refractivity contribution in [1.82, 2.24) is 0 Å². The molecule has 0 aromatic heterocycles. The van der Waals surface area contributed by atoms with Crippen molar-refractivity contribution in [1.29, 1.82) is 0 Å². The van der Waals surface area contributed by atoms with Crippen LogP contribution in [-0.4, -0.2) is 11.5 Å². The Morgan fingerprint density at radius 3 is 2.44 bits per heavy atom. The summed E-state index contributed by atoms with van der Waals surface area (Å²) in [6.45, 7) is 5.17. The van der Waals surface area contributed by atoms with Gasteiger partial charge in [0.25, 0.3) is 0 Å². The summed E-state index contributed by atoms with van der Waals surface area (Å²) in [7, 11) is 0. The minimum absolute atomic E-state index is 0.933. The number of unbranched alkanes of at least 4 members (excludes halogenated alkanes) is 2. The third-order valence-corrected chi connectivity index (χ3v) is 3.08. The second-order valence-corrected chi connectivity index (χ2v) is 5.00. The van der Waals surface area contributed by atoms with Crippen molar-refractivity contribution >= 4 is 22.9 Å². The van der Waals surface area contributed by atoms with Gasteiger partial charge in [0.2, 0.25) is 0 Å². The van der Waals surface area contributed by atoms with E-state index in [0.29, 0.717) is 0 Å². The maximum Gasteiger partial charge on any atom is 0.0792 e. The van der Waals surface area contributed by atoms with Crippen LogP contribution < -0.4 is 4.90 Å². The molecule has 98 valence electrons. The molecule has 0 spiro atoms. The highest BCUT2D eigenvalue weighted by Crippen LogP contribution is 2.14. The van der Waals surface area contributed by atoms with E-state index in [9.17, 15) is 0 Å². The van der Waals surface area contributed by atoms with E-state index < -0.39 is 0 Å². The van der Waals surface area contributed by atoms with Crippen molar-refractivity contribution in [2.75, 3.05) is 11.4 Å². The van der Waals surface area contributed by atoms with E-state index in [4.69, 9.17) is 12.2 Å². The van der Waals surface area contributed by atoms with E-state index in [0.717, 1.165) is 18.0 Å². The Morgan fingerprint density at radius 1 is 1.17 bits per heavy atom. The van der Waals surface area contributed by atoms with Gasteiger partial charge in [-0.25, -0.2) is 0 Å². The molecular weight excluding hydrogens is 238 g/mol. The summed E-state index contributed by atoms with van der Waals surface area (Å²) in [5, 5.41) is 0. The van der Waals surface area contributed by atoms with Gasteiger partial charge in [-0.1, -0.05) is 62.3 Å². The number of allylic oxidation sites excluding steroid dienone is 1. The number of hydrogen-bond acceptors (Lipinski definition) is 1. The van der Waals surface area contributed by atoms with Gasteiger partial charge in [0, 0.05) is 12.2 Å². The monoisotopic (exact) mass is 261 g/mol. The van der Waals surface area contributed by atoms with Gasteiger partial charge in [0.15, 0.2) is 0 Å². The summed E-state index contributed by atoms with van der Waals surface area (Å²) in [6.07, 6.45) is 9.34. The quantitative estimate of drug-likeness (QED) is 0.387. The molecule has 0 saturated heterocycles. The Hall–Kier alpha value is -1.15. The van der Waals surface area contributed by atoms with Crippen molar-refractivity contribution in [2.24, 2.45) is 0 Å². The molecule has 18 heavy (non-hydrogen) atoms. The molecule has 0 aliphatic heterocycles. The van der Waals surface area contributed by atoms with E-state index in [1.807, 2.05) is 13.0 Å². The molecule has 0 bridgehead atoms. The third-order valence-electron chi connectivity index (χ3n) is 2.86. The Morgan fingerprint density at radius 2 is 1.83 bits per heavy atom. The fourth-order valence-electron chi connectivity index (χ4n) is 1.84. The predicted octanol–water partition coefficient (Wildman–Crippen LogP) is 4.98. The fourth-order valence-corrected chi connectivity index (χ4v) is 2.03. The Labute approximate surface area is 117 Å². The molecule has 0 aliphatic rings. The fraction of sp³-hybridized carbons (Fsp3) is 0.438. The molecule has 0 atom stereocenters. The van der Waals surface area contributed by atoms with E-state index in [1.165, 1.54) is 24.9 Å². The molecule has 0 aliphatic carbocycles. The summed E-state index contributed by atoms with van der Waals surface area (Å²) in [4.78, 5) is 3.13. The Bertz CT molecular complexity index is 370.